The average Bonchev–Trinajstić information content (AvgIpc) is 3.28. The normalized spacial score (nSPS) is 17.4. The van der Waals surface area contributed by atoms with Crippen LogP contribution in [-0.2, 0) is 11.3 Å². The smallest absolute Gasteiger partial charge is 0.338 e. The highest BCUT2D eigenvalue weighted by atomic mass is 35.5. The fourth-order valence-corrected chi connectivity index (χ4v) is 4.19. The van der Waals surface area contributed by atoms with Crippen LogP contribution in [0.25, 0.3) is 16.9 Å². The molecule has 0 amide bonds. The van der Waals surface area contributed by atoms with E-state index < -0.39 is 0 Å². The van der Waals surface area contributed by atoms with Crippen LogP contribution in [0.5, 0.6) is 0 Å². The summed E-state index contributed by atoms with van der Waals surface area (Å²) in [6.07, 6.45) is 3.69. The monoisotopic (exact) mass is 383 g/mol. The molecular formula is C19H18ClN5O2. The summed E-state index contributed by atoms with van der Waals surface area (Å²) in [6, 6.07) is 5.60. The molecule has 1 fully saturated rings. The maximum atomic E-state index is 12.0. The van der Waals surface area contributed by atoms with Crippen molar-refractivity contribution >= 4 is 29.2 Å². The Hall–Kier alpha value is -2.67. The molecule has 0 atom stereocenters. The van der Waals surface area contributed by atoms with Crippen molar-refractivity contribution in [3.8, 4) is 11.1 Å². The van der Waals surface area contributed by atoms with Crippen molar-refractivity contribution in [1.29, 1.82) is 0 Å². The molecule has 0 aliphatic carbocycles. The van der Waals surface area contributed by atoms with Crippen LogP contribution in [0.4, 0.5) is 5.82 Å². The standard InChI is InChI=1S/C19H18ClN5O2/c1-11-5-7-24(8-6-11)17-15(16(20)23-19-21-10-22-25(17)19)12-3-2-4-13-14(12)9-27-18(13)26/h2-4,10-11H,5-9H2,1H3. The van der Waals surface area contributed by atoms with Crippen LogP contribution >= 0.6 is 11.6 Å². The first-order valence-corrected chi connectivity index (χ1v) is 9.45. The molecule has 2 aliphatic heterocycles. The van der Waals surface area contributed by atoms with E-state index in [4.69, 9.17) is 16.3 Å². The number of carbonyl (C=O) groups excluding carboxylic acids is 1. The molecule has 0 radical (unpaired) electrons. The summed E-state index contributed by atoms with van der Waals surface area (Å²) in [7, 11) is 0. The fraction of sp³-hybridized carbons (Fsp3) is 0.368. The summed E-state index contributed by atoms with van der Waals surface area (Å²) in [5.41, 5.74) is 3.07. The highest BCUT2D eigenvalue weighted by molar-refractivity contribution is 6.33. The minimum atomic E-state index is -0.300. The molecule has 2 aliphatic rings. The van der Waals surface area contributed by atoms with E-state index in [0.717, 1.165) is 48.4 Å². The number of nitrogens with zero attached hydrogens (tertiary/aromatic N) is 5. The van der Waals surface area contributed by atoms with Gasteiger partial charge < -0.3 is 9.64 Å². The van der Waals surface area contributed by atoms with Crippen molar-refractivity contribution in [2.45, 2.75) is 26.4 Å². The van der Waals surface area contributed by atoms with Crippen LogP contribution in [-0.4, -0.2) is 38.6 Å². The largest absolute Gasteiger partial charge is 0.457 e. The Bertz CT molecular complexity index is 1060. The van der Waals surface area contributed by atoms with Gasteiger partial charge in [0.15, 0.2) is 0 Å². The van der Waals surface area contributed by atoms with E-state index >= 15 is 0 Å². The van der Waals surface area contributed by atoms with Crippen molar-refractivity contribution in [1.82, 2.24) is 19.6 Å². The molecule has 4 heterocycles. The Labute approximate surface area is 160 Å². The Balaban J connectivity index is 1.77. The first kappa shape index (κ1) is 16.5. The summed E-state index contributed by atoms with van der Waals surface area (Å²) in [5.74, 6) is 1.74. The summed E-state index contributed by atoms with van der Waals surface area (Å²) in [5, 5.41) is 4.75. The van der Waals surface area contributed by atoms with Gasteiger partial charge in [0.1, 0.15) is 23.9 Å². The molecule has 5 rings (SSSR count). The van der Waals surface area contributed by atoms with Gasteiger partial charge in [-0.05, 0) is 30.4 Å². The van der Waals surface area contributed by atoms with Gasteiger partial charge in [-0.2, -0.15) is 19.6 Å². The SMILES string of the molecule is CC1CCN(c2c(-c3cccc4c3COC4=O)c(Cl)nc3ncnn23)CC1. The van der Waals surface area contributed by atoms with E-state index in [1.165, 1.54) is 6.33 Å². The van der Waals surface area contributed by atoms with Crippen LogP contribution in [0.2, 0.25) is 5.15 Å². The predicted molar refractivity (Wildman–Crippen MR) is 101 cm³/mol. The summed E-state index contributed by atoms with van der Waals surface area (Å²) >= 11 is 6.64. The fourth-order valence-electron chi connectivity index (χ4n) is 3.93. The molecular weight excluding hydrogens is 366 g/mol. The third-order valence-corrected chi connectivity index (χ3v) is 5.73. The van der Waals surface area contributed by atoms with Crippen LogP contribution in [0.15, 0.2) is 24.5 Å². The van der Waals surface area contributed by atoms with Crippen molar-refractivity contribution in [2.75, 3.05) is 18.0 Å². The molecule has 0 unspecified atom stereocenters. The molecule has 0 spiro atoms. The van der Waals surface area contributed by atoms with Crippen LogP contribution in [0.1, 0.15) is 35.7 Å². The lowest BCUT2D eigenvalue weighted by atomic mass is 9.96. The van der Waals surface area contributed by atoms with Gasteiger partial charge in [0, 0.05) is 18.7 Å². The first-order valence-electron chi connectivity index (χ1n) is 9.07. The number of hydrogen-bond acceptors (Lipinski definition) is 6. The number of fused-ring (bicyclic) bond motifs is 2. The number of aromatic nitrogens is 4. The molecule has 8 heteroatoms. The van der Waals surface area contributed by atoms with E-state index in [9.17, 15) is 4.79 Å². The third-order valence-electron chi connectivity index (χ3n) is 5.45. The lowest BCUT2D eigenvalue weighted by Gasteiger charge is -2.33. The zero-order chi connectivity index (χ0) is 18.5. The van der Waals surface area contributed by atoms with E-state index in [2.05, 4.69) is 26.9 Å². The number of piperidine rings is 1. The molecule has 27 heavy (non-hydrogen) atoms. The minimum Gasteiger partial charge on any atom is -0.457 e. The number of carbonyl (C=O) groups is 1. The second-order valence-electron chi connectivity index (χ2n) is 7.15. The number of halogens is 1. The second kappa shape index (κ2) is 6.20. The molecule has 0 bridgehead atoms. The summed E-state index contributed by atoms with van der Waals surface area (Å²) in [4.78, 5) is 23.0. The molecule has 0 N–H and O–H groups in total. The number of cyclic esters (lactones) is 1. The Morgan fingerprint density at radius 2 is 2.00 bits per heavy atom. The van der Waals surface area contributed by atoms with Gasteiger partial charge in [0.25, 0.3) is 5.78 Å². The van der Waals surface area contributed by atoms with Crippen LogP contribution < -0.4 is 4.90 Å². The highest BCUT2D eigenvalue weighted by Crippen LogP contribution is 2.41. The maximum absolute atomic E-state index is 12.0. The Kier molecular flexibility index (Phi) is 3.79. The molecule has 7 nitrogen and oxygen atoms in total. The molecule has 1 aromatic carbocycles. The molecule has 0 saturated carbocycles. The van der Waals surface area contributed by atoms with Crippen molar-refractivity contribution < 1.29 is 9.53 Å². The molecule has 3 aromatic rings. The highest BCUT2D eigenvalue weighted by Gasteiger charge is 2.30. The lowest BCUT2D eigenvalue weighted by Crippen LogP contribution is -2.35. The number of anilines is 1. The van der Waals surface area contributed by atoms with E-state index in [1.807, 2.05) is 12.1 Å². The number of esters is 1. The van der Waals surface area contributed by atoms with Crippen LogP contribution in [0.3, 0.4) is 0 Å². The number of rotatable bonds is 2. The zero-order valence-electron chi connectivity index (χ0n) is 14.9. The van der Waals surface area contributed by atoms with Gasteiger partial charge >= 0.3 is 5.97 Å². The molecule has 1 saturated heterocycles. The van der Waals surface area contributed by atoms with Gasteiger partial charge in [-0.25, -0.2) is 4.79 Å². The van der Waals surface area contributed by atoms with E-state index in [-0.39, 0.29) is 12.6 Å². The number of benzene rings is 1. The Morgan fingerprint density at radius 3 is 2.81 bits per heavy atom. The topological polar surface area (TPSA) is 72.6 Å². The lowest BCUT2D eigenvalue weighted by molar-refractivity contribution is 0.0535. The molecule has 138 valence electrons. The quantitative estimate of drug-likeness (QED) is 0.499. The van der Waals surface area contributed by atoms with E-state index in [1.54, 1.807) is 10.6 Å². The summed E-state index contributed by atoms with van der Waals surface area (Å²) in [6.45, 7) is 4.34. The van der Waals surface area contributed by atoms with Crippen LogP contribution in [0, 0.1) is 5.92 Å². The van der Waals surface area contributed by atoms with Gasteiger partial charge in [0.2, 0.25) is 0 Å². The van der Waals surface area contributed by atoms with Crippen molar-refractivity contribution in [3.05, 3.63) is 40.8 Å². The first-order chi connectivity index (χ1) is 13.1. The van der Waals surface area contributed by atoms with Gasteiger partial charge in [-0.15, -0.1) is 0 Å². The minimum absolute atomic E-state index is 0.243. The van der Waals surface area contributed by atoms with Gasteiger partial charge in [-0.1, -0.05) is 30.7 Å². The maximum Gasteiger partial charge on any atom is 0.338 e. The number of hydrogen-bond donors (Lipinski definition) is 0. The van der Waals surface area contributed by atoms with Gasteiger partial charge in [0.05, 0.1) is 11.1 Å². The third kappa shape index (κ3) is 2.56. The molecule has 2 aromatic heterocycles. The second-order valence-corrected chi connectivity index (χ2v) is 7.51. The van der Waals surface area contributed by atoms with Crippen molar-refractivity contribution in [2.24, 2.45) is 5.92 Å². The Morgan fingerprint density at radius 1 is 1.22 bits per heavy atom. The number of ether oxygens (including phenoxy) is 1. The van der Waals surface area contributed by atoms with E-state index in [0.29, 0.717) is 22.4 Å². The summed E-state index contributed by atoms with van der Waals surface area (Å²) < 4.78 is 6.99. The van der Waals surface area contributed by atoms with Gasteiger partial charge in [-0.3, -0.25) is 0 Å². The average molecular weight is 384 g/mol. The van der Waals surface area contributed by atoms with Crippen molar-refractivity contribution in [3.63, 3.8) is 0 Å². The predicted octanol–water partition coefficient (Wildman–Crippen LogP) is 3.35. The zero-order valence-corrected chi connectivity index (χ0v) is 15.6.